The third-order valence-electron chi connectivity index (χ3n) is 4.34. The molecule has 3 aromatic rings. The number of hydrogen-bond acceptors (Lipinski definition) is 4. The second-order valence-electron chi connectivity index (χ2n) is 5.87. The Morgan fingerprint density at radius 2 is 2.00 bits per heavy atom. The van der Waals surface area contributed by atoms with Crippen molar-refractivity contribution < 1.29 is 9.59 Å². The van der Waals surface area contributed by atoms with E-state index in [0.29, 0.717) is 11.4 Å². The highest BCUT2D eigenvalue weighted by Crippen LogP contribution is 2.38. The van der Waals surface area contributed by atoms with Crippen LogP contribution in [0.25, 0.3) is 10.8 Å². The van der Waals surface area contributed by atoms with Gasteiger partial charge < -0.3 is 5.32 Å². The lowest BCUT2D eigenvalue weighted by atomic mass is 10.1. The lowest BCUT2D eigenvalue weighted by Crippen LogP contribution is -2.46. The fraction of sp³-hybridized carbons (Fsp3) is 0.176. The van der Waals surface area contributed by atoms with Gasteiger partial charge in [0.2, 0.25) is 5.91 Å². The first-order valence-corrected chi connectivity index (χ1v) is 7.83. The van der Waals surface area contributed by atoms with Crippen molar-refractivity contribution in [2.45, 2.75) is 19.5 Å². The van der Waals surface area contributed by atoms with Crippen molar-refractivity contribution in [1.82, 2.24) is 20.5 Å². The average molecular weight is 337 g/mol. The van der Waals surface area contributed by atoms with Gasteiger partial charge in [0.15, 0.2) is 0 Å². The zero-order chi connectivity index (χ0) is 17.6. The van der Waals surface area contributed by atoms with Gasteiger partial charge in [0, 0.05) is 10.9 Å². The van der Waals surface area contributed by atoms with E-state index in [2.05, 4.69) is 20.5 Å². The molecule has 0 unspecified atom stereocenters. The number of carbonyl (C=O) groups excluding carboxylic acids is 2. The first kappa shape index (κ1) is 15.1. The number of aromatic amines is 2. The van der Waals surface area contributed by atoms with Gasteiger partial charge in [-0.1, -0.05) is 24.3 Å². The summed E-state index contributed by atoms with van der Waals surface area (Å²) in [5.74, 6) is -0.201. The second kappa shape index (κ2) is 5.59. The van der Waals surface area contributed by atoms with Crippen LogP contribution in [-0.2, 0) is 11.3 Å². The van der Waals surface area contributed by atoms with Gasteiger partial charge in [-0.2, -0.15) is 5.10 Å². The van der Waals surface area contributed by atoms with Crippen molar-refractivity contribution >= 4 is 28.3 Å². The van der Waals surface area contributed by atoms with Crippen LogP contribution in [0.15, 0.2) is 41.2 Å². The Bertz CT molecular complexity index is 1050. The van der Waals surface area contributed by atoms with Gasteiger partial charge >= 0.3 is 5.69 Å². The molecule has 8 nitrogen and oxygen atoms in total. The first-order valence-electron chi connectivity index (χ1n) is 7.83. The molecule has 2 aromatic carbocycles. The summed E-state index contributed by atoms with van der Waals surface area (Å²) in [5.41, 5.74) is 0.896. The van der Waals surface area contributed by atoms with Crippen LogP contribution < -0.4 is 15.9 Å². The lowest BCUT2D eigenvalue weighted by Gasteiger charge is -2.24. The molecule has 0 aliphatic carbocycles. The number of nitrogens with zero attached hydrogens (tertiary/aromatic N) is 2. The summed E-state index contributed by atoms with van der Waals surface area (Å²) in [6.45, 7) is 1.74. The molecule has 0 saturated carbocycles. The molecular weight excluding hydrogens is 322 g/mol. The number of H-pyrrole nitrogens is 2. The van der Waals surface area contributed by atoms with E-state index >= 15 is 0 Å². The van der Waals surface area contributed by atoms with Gasteiger partial charge in [-0.25, -0.2) is 9.89 Å². The summed E-state index contributed by atoms with van der Waals surface area (Å²) in [5, 5.41) is 10.5. The molecule has 3 N–H and O–H groups in total. The molecule has 1 aliphatic rings. The summed E-state index contributed by atoms with van der Waals surface area (Å²) in [6.07, 6.45) is 0. The Kier molecular flexibility index (Phi) is 3.38. The zero-order valence-corrected chi connectivity index (χ0v) is 13.4. The van der Waals surface area contributed by atoms with E-state index in [1.807, 2.05) is 30.3 Å². The summed E-state index contributed by atoms with van der Waals surface area (Å²) in [6, 6.07) is 10.5. The maximum atomic E-state index is 12.8. The zero-order valence-electron chi connectivity index (χ0n) is 13.4. The van der Waals surface area contributed by atoms with E-state index in [1.165, 1.54) is 4.90 Å². The Hall–Kier alpha value is -3.42. The molecule has 0 fully saturated rings. The molecular formula is C17H15N5O3. The highest BCUT2D eigenvalue weighted by molar-refractivity contribution is 6.26. The number of benzene rings is 2. The van der Waals surface area contributed by atoms with Crippen LogP contribution in [0.3, 0.4) is 0 Å². The monoisotopic (exact) mass is 337 g/mol. The quantitative estimate of drug-likeness (QED) is 0.657. The molecule has 2 heterocycles. The average Bonchev–Trinajstić information content (AvgIpc) is 3.16. The summed E-state index contributed by atoms with van der Waals surface area (Å²) in [4.78, 5) is 40.2. The summed E-state index contributed by atoms with van der Waals surface area (Å²) >= 11 is 0. The van der Waals surface area contributed by atoms with E-state index in [1.54, 1.807) is 13.0 Å². The highest BCUT2D eigenvalue weighted by atomic mass is 16.2. The molecule has 8 heteroatoms. The minimum absolute atomic E-state index is 0.0705. The Morgan fingerprint density at radius 3 is 2.72 bits per heavy atom. The number of nitrogens with one attached hydrogen (secondary N) is 3. The molecule has 4 rings (SSSR count). The summed E-state index contributed by atoms with van der Waals surface area (Å²) < 4.78 is 0. The van der Waals surface area contributed by atoms with Crippen LogP contribution in [0, 0.1) is 0 Å². The first-order chi connectivity index (χ1) is 12.1. The molecule has 0 saturated heterocycles. The van der Waals surface area contributed by atoms with Crippen molar-refractivity contribution in [3.63, 3.8) is 0 Å². The van der Waals surface area contributed by atoms with Gasteiger partial charge in [0.05, 0.1) is 12.2 Å². The maximum Gasteiger partial charge on any atom is 0.340 e. The molecule has 1 aromatic heterocycles. The van der Waals surface area contributed by atoms with Crippen LogP contribution in [-0.4, -0.2) is 33.0 Å². The third-order valence-corrected chi connectivity index (χ3v) is 4.34. The van der Waals surface area contributed by atoms with E-state index in [4.69, 9.17) is 0 Å². The van der Waals surface area contributed by atoms with Gasteiger partial charge in [-0.3, -0.25) is 19.5 Å². The van der Waals surface area contributed by atoms with Gasteiger partial charge in [0.25, 0.3) is 5.91 Å². The largest absolute Gasteiger partial charge is 0.347 e. The molecule has 0 radical (unpaired) electrons. The maximum absolute atomic E-state index is 12.8. The highest BCUT2D eigenvalue weighted by Gasteiger charge is 2.35. The molecule has 2 amide bonds. The molecule has 126 valence electrons. The van der Waals surface area contributed by atoms with Crippen LogP contribution in [0.2, 0.25) is 0 Å². The lowest BCUT2D eigenvalue weighted by molar-refractivity contribution is -0.122. The third kappa shape index (κ3) is 2.38. The van der Waals surface area contributed by atoms with Gasteiger partial charge in [-0.05, 0) is 24.4 Å². The number of carbonyl (C=O) groups is 2. The predicted molar refractivity (Wildman–Crippen MR) is 91.3 cm³/mol. The van der Waals surface area contributed by atoms with Crippen molar-refractivity contribution in [2.24, 2.45) is 0 Å². The van der Waals surface area contributed by atoms with Crippen molar-refractivity contribution in [3.05, 3.63) is 58.3 Å². The normalized spacial score (nSPS) is 14.1. The van der Waals surface area contributed by atoms with E-state index < -0.39 is 11.7 Å². The number of anilines is 1. The number of amides is 2. The summed E-state index contributed by atoms with van der Waals surface area (Å²) in [7, 11) is 0. The van der Waals surface area contributed by atoms with Crippen LogP contribution in [0.4, 0.5) is 5.69 Å². The van der Waals surface area contributed by atoms with Crippen molar-refractivity contribution in [1.29, 1.82) is 0 Å². The minimum Gasteiger partial charge on any atom is -0.347 e. The fourth-order valence-electron chi connectivity index (χ4n) is 3.15. The van der Waals surface area contributed by atoms with Crippen LogP contribution >= 0.6 is 0 Å². The Labute approximate surface area is 141 Å². The fourth-order valence-corrected chi connectivity index (χ4v) is 3.15. The topological polar surface area (TPSA) is 111 Å². The van der Waals surface area contributed by atoms with Crippen molar-refractivity contribution in [2.75, 3.05) is 4.90 Å². The Morgan fingerprint density at radius 1 is 1.24 bits per heavy atom. The van der Waals surface area contributed by atoms with Gasteiger partial charge in [-0.15, -0.1) is 0 Å². The molecule has 25 heavy (non-hydrogen) atoms. The van der Waals surface area contributed by atoms with Gasteiger partial charge in [0.1, 0.15) is 11.9 Å². The molecule has 0 bridgehead atoms. The predicted octanol–water partition coefficient (Wildman–Crippen LogP) is 0.916. The van der Waals surface area contributed by atoms with Crippen LogP contribution in [0.5, 0.6) is 0 Å². The number of hydrogen-bond donors (Lipinski definition) is 3. The standard InChI is InChI=1S/C17H15N5O3/c1-9(15(23)18-8-13-19-17(25)21-20-13)22-12-7-3-5-10-4-2-6-11(14(10)12)16(22)24/h2-7,9H,8H2,1H3,(H,18,23)(H2,19,20,21,25)/t9-/m0/s1. The van der Waals surface area contributed by atoms with Crippen molar-refractivity contribution in [3.8, 4) is 0 Å². The molecule has 1 atom stereocenters. The molecule has 1 aliphatic heterocycles. The van der Waals surface area contributed by atoms with E-state index in [-0.39, 0.29) is 18.4 Å². The number of aromatic nitrogens is 3. The number of rotatable bonds is 4. The van der Waals surface area contributed by atoms with Crippen LogP contribution in [0.1, 0.15) is 23.1 Å². The molecule has 0 spiro atoms. The van der Waals surface area contributed by atoms with E-state index in [9.17, 15) is 14.4 Å². The minimum atomic E-state index is -0.698. The SMILES string of the molecule is C[C@@H](C(=O)NCc1n[nH]c(=O)[nH]1)N1C(=O)c2cccc3cccc1c23. The smallest absolute Gasteiger partial charge is 0.340 e. The Balaban J connectivity index is 1.59. The second-order valence-corrected chi connectivity index (χ2v) is 5.87. The van der Waals surface area contributed by atoms with E-state index in [0.717, 1.165) is 16.5 Å².